The molecule has 1 atom stereocenters. The van der Waals surface area contributed by atoms with E-state index in [2.05, 4.69) is 21.8 Å². The first kappa shape index (κ1) is 28.8. The van der Waals surface area contributed by atoms with Gasteiger partial charge in [-0.3, -0.25) is 9.00 Å². The van der Waals surface area contributed by atoms with Crippen LogP contribution in [0.3, 0.4) is 0 Å². The van der Waals surface area contributed by atoms with Crippen LogP contribution in [0, 0.1) is 5.92 Å². The van der Waals surface area contributed by atoms with Crippen molar-refractivity contribution in [3.8, 4) is 16.9 Å². The minimum atomic E-state index is -1.20. The van der Waals surface area contributed by atoms with Crippen molar-refractivity contribution in [2.24, 2.45) is 5.92 Å². The van der Waals surface area contributed by atoms with Crippen LogP contribution < -0.4 is 10.1 Å². The van der Waals surface area contributed by atoms with E-state index in [-0.39, 0.29) is 5.91 Å². The van der Waals surface area contributed by atoms with Crippen LogP contribution in [0.1, 0.15) is 43.9 Å². The summed E-state index contributed by atoms with van der Waals surface area (Å²) < 4.78 is 20.8. The number of amides is 1. The summed E-state index contributed by atoms with van der Waals surface area (Å²) in [4.78, 5) is 17.6. The molecule has 0 bridgehead atoms. The number of hydrogen-bond acceptors (Lipinski definition) is 4. The molecule has 8 heteroatoms. The number of halogens is 1. The fourth-order valence-corrected chi connectivity index (χ4v) is 5.69. The van der Waals surface area contributed by atoms with Gasteiger partial charge in [-0.15, -0.1) is 0 Å². The fourth-order valence-electron chi connectivity index (χ4n) is 4.40. The third-order valence-corrected chi connectivity index (χ3v) is 8.68. The maximum atomic E-state index is 12.9. The first-order valence-electron chi connectivity index (χ1n) is 14.0. The van der Waals surface area contributed by atoms with Crippen LogP contribution in [-0.2, 0) is 27.9 Å². The molecule has 212 valence electrons. The predicted octanol–water partition coefficient (Wildman–Crippen LogP) is 7.75. The van der Waals surface area contributed by atoms with Gasteiger partial charge in [-0.05, 0) is 96.5 Å². The lowest BCUT2D eigenvalue weighted by atomic mass is 10.0. The van der Waals surface area contributed by atoms with Crippen molar-refractivity contribution in [2.45, 2.75) is 49.8 Å². The van der Waals surface area contributed by atoms with Crippen LogP contribution in [0.15, 0.2) is 90.2 Å². The summed E-state index contributed by atoms with van der Waals surface area (Å²) in [7, 11) is -1.20. The van der Waals surface area contributed by atoms with Crippen molar-refractivity contribution in [3.63, 3.8) is 0 Å². The number of unbranched alkanes of at least 4 members (excludes halogenated alkanes) is 1. The minimum Gasteiger partial charge on any atom is -0.494 e. The molecule has 0 unspecified atom stereocenters. The standard InChI is InChI=1S/C33H34ClN3O3S/c1-2-3-18-40-30-12-6-25(7-13-30)26-8-16-32(34)27(19-26)9-17-33(38)36-28-10-14-31(15-11-28)41(39)22-29-20-35-23-37(29)21-24-4-5-24/h6-17,19-20,23-24H,2-5,18,21-22H2,1H3,(H,36,38)/b17-9+/t41-/m1/s1. The van der Waals surface area contributed by atoms with Crippen LogP contribution >= 0.6 is 11.6 Å². The van der Waals surface area contributed by atoms with E-state index < -0.39 is 10.8 Å². The van der Waals surface area contributed by atoms with E-state index in [1.165, 1.54) is 18.9 Å². The second-order valence-electron chi connectivity index (χ2n) is 10.3. The molecule has 1 aromatic heterocycles. The van der Waals surface area contributed by atoms with Gasteiger partial charge in [0.05, 0.1) is 35.2 Å². The number of hydrogen-bond donors (Lipinski definition) is 1. The van der Waals surface area contributed by atoms with E-state index in [4.69, 9.17) is 16.3 Å². The van der Waals surface area contributed by atoms with Crippen molar-refractivity contribution in [3.05, 3.63) is 102 Å². The molecular formula is C33H34ClN3O3S. The molecule has 1 fully saturated rings. The number of benzene rings is 3. The van der Waals surface area contributed by atoms with Gasteiger partial charge in [0.15, 0.2) is 0 Å². The monoisotopic (exact) mass is 587 g/mol. The highest BCUT2D eigenvalue weighted by Gasteiger charge is 2.23. The molecule has 0 aliphatic heterocycles. The molecule has 3 aromatic carbocycles. The zero-order valence-corrected chi connectivity index (χ0v) is 24.7. The Hall–Kier alpha value is -3.68. The zero-order valence-electron chi connectivity index (χ0n) is 23.1. The molecule has 1 saturated carbocycles. The maximum absolute atomic E-state index is 12.9. The number of carbonyl (C=O) groups is 1. The Labute approximate surface area is 248 Å². The van der Waals surface area contributed by atoms with Crippen molar-refractivity contribution >= 4 is 40.1 Å². The zero-order chi connectivity index (χ0) is 28.6. The van der Waals surface area contributed by atoms with Gasteiger partial charge in [-0.1, -0.05) is 43.1 Å². The average molecular weight is 588 g/mol. The van der Waals surface area contributed by atoms with Crippen molar-refractivity contribution in [1.82, 2.24) is 9.55 Å². The van der Waals surface area contributed by atoms with Gasteiger partial charge in [0.2, 0.25) is 5.91 Å². The Morgan fingerprint density at radius 1 is 1.10 bits per heavy atom. The molecule has 0 saturated heterocycles. The van der Waals surface area contributed by atoms with Gasteiger partial charge in [0, 0.05) is 34.4 Å². The third-order valence-electron chi connectivity index (χ3n) is 6.98. The van der Waals surface area contributed by atoms with E-state index in [9.17, 15) is 9.00 Å². The van der Waals surface area contributed by atoms with Crippen LogP contribution in [0.25, 0.3) is 17.2 Å². The van der Waals surface area contributed by atoms with Crippen molar-refractivity contribution in [2.75, 3.05) is 11.9 Å². The van der Waals surface area contributed by atoms with Gasteiger partial charge >= 0.3 is 0 Å². The smallest absolute Gasteiger partial charge is 0.248 e. The Balaban J connectivity index is 1.17. The lowest BCUT2D eigenvalue weighted by Crippen LogP contribution is -2.08. The van der Waals surface area contributed by atoms with Gasteiger partial charge < -0.3 is 14.6 Å². The van der Waals surface area contributed by atoms with Gasteiger partial charge in [0.25, 0.3) is 0 Å². The molecule has 1 N–H and O–H groups in total. The minimum absolute atomic E-state index is 0.280. The van der Waals surface area contributed by atoms with Crippen LogP contribution in [0.2, 0.25) is 5.02 Å². The lowest BCUT2D eigenvalue weighted by Gasteiger charge is -2.09. The molecular weight excluding hydrogens is 554 g/mol. The molecule has 1 amide bonds. The Morgan fingerprint density at radius 3 is 2.59 bits per heavy atom. The lowest BCUT2D eigenvalue weighted by molar-refractivity contribution is -0.111. The summed E-state index contributed by atoms with van der Waals surface area (Å²) in [6.07, 6.45) is 11.4. The van der Waals surface area contributed by atoms with E-state index in [0.29, 0.717) is 28.0 Å². The average Bonchev–Trinajstić information content (AvgIpc) is 3.70. The molecule has 1 heterocycles. The van der Waals surface area contributed by atoms with Crippen LogP contribution in [0.4, 0.5) is 5.69 Å². The highest BCUT2D eigenvalue weighted by atomic mass is 35.5. The van der Waals surface area contributed by atoms with Crippen molar-refractivity contribution in [1.29, 1.82) is 0 Å². The maximum Gasteiger partial charge on any atom is 0.248 e. The number of rotatable bonds is 13. The quantitative estimate of drug-likeness (QED) is 0.128. The summed E-state index contributed by atoms with van der Waals surface area (Å²) >= 11 is 6.42. The molecule has 41 heavy (non-hydrogen) atoms. The topological polar surface area (TPSA) is 73.2 Å². The van der Waals surface area contributed by atoms with E-state index in [1.807, 2.05) is 48.8 Å². The molecule has 1 aliphatic carbocycles. The van der Waals surface area contributed by atoms with Crippen LogP contribution in [-0.4, -0.2) is 26.3 Å². The highest BCUT2D eigenvalue weighted by Crippen LogP contribution is 2.31. The second kappa shape index (κ2) is 13.8. The number of imidazole rings is 1. The number of carbonyl (C=O) groups excluding carboxylic acids is 1. The largest absolute Gasteiger partial charge is 0.494 e. The van der Waals surface area contributed by atoms with Gasteiger partial charge in [0.1, 0.15) is 5.75 Å². The molecule has 5 rings (SSSR count). The number of nitrogens with zero attached hydrogens (tertiary/aromatic N) is 2. The first-order valence-corrected chi connectivity index (χ1v) is 15.7. The molecule has 6 nitrogen and oxygen atoms in total. The summed E-state index contributed by atoms with van der Waals surface area (Å²) in [5, 5.41) is 3.42. The Morgan fingerprint density at radius 2 is 1.85 bits per heavy atom. The van der Waals surface area contributed by atoms with Crippen molar-refractivity contribution < 1.29 is 13.7 Å². The SMILES string of the molecule is CCCCOc1ccc(-c2ccc(Cl)c(/C=C/C(=O)Nc3ccc([S@](=O)Cc4cncn4CC4CC4)cc3)c2)cc1. The number of ether oxygens (including phenoxy) is 1. The molecule has 1 aliphatic rings. The fraction of sp³-hybridized carbons (Fsp3) is 0.273. The molecule has 4 aromatic rings. The van der Waals surface area contributed by atoms with E-state index in [0.717, 1.165) is 53.4 Å². The van der Waals surface area contributed by atoms with Crippen LogP contribution in [0.5, 0.6) is 5.75 Å². The highest BCUT2D eigenvalue weighted by molar-refractivity contribution is 7.84. The first-order chi connectivity index (χ1) is 20.0. The number of aromatic nitrogens is 2. The summed E-state index contributed by atoms with van der Waals surface area (Å²) in [5.74, 6) is 1.71. The normalized spacial score (nSPS) is 13.8. The van der Waals surface area contributed by atoms with Gasteiger partial charge in [-0.2, -0.15) is 0 Å². The Bertz CT molecular complexity index is 1530. The molecule has 0 spiro atoms. The Kier molecular flexibility index (Phi) is 9.70. The number of nitrogens with one attached hydrogen (secondary N) is 1. The van der Waals surface area contributed by atoms with Gasteiger partial charge in [-0.25, -0.2) is 4.98 Å². The summed E-state index contributed by atoms with van der Waals surface area (Å²) in [6.45, 7) is 3.80. The van der Waals surface area contributed by atoms with E-state index in [1.54, 1.807) is 36.5 Å². The molecule has 0 radical (unpaired) electrons. The van der Waals surface area contributed by atoms with E-state index >= 15 is 0 Å². The predicted molar refractivity (Wildman–Crippen MR) is 166 cm³/mol. The number of anilines is 1. The summed E-state index contributed by atoms with van der Waals surface area (Å²) in [6, 6.07) is 20.8. The summed E-state index contributed by atoms with van der Waals surface area (Å²) in [5.41, 5.74) is 4.38. The third kappa shape index (κ3) is 8.18. The second-order valence-corrected chi connectivity index (χ2v) is 12.1.